The average Bonchev–Trinajstić information content (AvgIpc) is 2.89. The molecule has 162 valence electrons. The van der Waals surface area contributed by atoms with Crippen molar-refractivity contribution in [2.45, 2.75) is 76.2 Å². The summed E-state index contributed by atoms with van der Waals surface area (Å²) in [4.78, 5) is 52.1. The SMILES string of the molecule is O=C(CN1C(=O)C(=O)N(CCC2=CCCCC2)C1=O)NC12CC3CC(CC(C3)C1)C2. The first-order valence-electron chi connectivity index (χ1n) is 11.6. The van der Waals surface area contributed by atoms with Gasteiger partial charge in [0.2, 0.25) is 5.91 Å². The molecule has 0 atom stereocenters. The highest BCUT2D eigenvalue weighted by molar-refractivity contribution is 6.45. The number of imide groups is 2. The van der Waals surface area contributed by atoms with Crippen molar-refractivity contribution in [3.63, 3.8) is 0 Å². The van der Waals surface area contributed by atoms with Crippen LogP contribution in [0.4, 0.5) is 4.79 Å². The zero-order valence-corrected chi connectivity index (χ0v) is 17.5. The number of nitrogens with zero attached hydrogens (tertiary/aromatic N) is 2. The molecule has 0 unspecified atom stereocenters. The van der Waals surface area contributed by atoms with Gasteiger partial charge in [-0.3, -0.25) is 19.3 Å². The highest BCUT2D eigenvalue weighted by Gasteiger charge is 2.52. The van der Waals surface area contributed by atoms with E-state index in [0.29, 0.717) is 24.2 Å². The fourth-order valence-corrected chi connectivity index (χ4v) is 7.02. The Kier molecular flexibility index (Phi) is 4.94. The van der Waals surface area contributed by atoms with Crippen LogP contribution in [0.3, 0.4) is 0 Å². The van der Waals surface area contributed by atoms with Crippen LogP contribution in [0.5, 0.6) is 0 Å². The lowest BCUT2D eigenvalue weighted by Gasteiger charge is -2.56. The van der Waals surface area contributed by atoms with Gasteiger partial charge in [-0.1, -0.05) is 11.6 Å². The number of urea groups is 1. The van der Waals surface area contributed by atoms with Gasteiger partial charge in [0, 0.05) is 12.1 Å². The van der Waals surface area contributed by atoms with Crippen molar-refractivity contribution in [3.05, 3.63) is 11.6 Å². The maximum absolute atomic E-state index is 12.8. The van der Waals surface area contributed by atoms with Crippen LogP contribution in [0.15, 0.2) is 11.6 Å². The highest BCUT2D eigenvalue weighted by atomic mass is 16.2. The Bertz CT molecular complexity index is 782. The molecule has 0 aromatic heterocycles. The number of amides is 5. The Hall–Kier alpha value is -2.18. The van der Waals surface area contributed by atoms with E-state index < -0.39 is 17.8 Å². The van der Waals surface area contributed by atoms with Crippen LogP contribution in [-0.2, 0) is 14.4 Å². The lowest BCUT2D eigenvalue weighted by atomic mass is 9.53. The first kappa shape index (κ1) is 19.8. The zero-order chi connectivity index (χ0) is 20.9. The highest BCUT2D eigenvalue weighted by Crippen LogP contribution is 2.55. The lowest BCUT2D eigenvalue weighted by molar-refractivity contribution is -0.144. The maximum atomic E-state index is 12.8. The summed E-state index contributed by atoms with van der Waals surface area (Å²) in [6.07, 6.45) is 14.0. The molecule has 7 heteroatoms. The zero-order valence-electron chi connectivity index (χ0n) is 17.5. The largest absolute Gasteiger partial charge is 0.349 e. The predicted molar refractivity (Wildman–Crippen MR) is 109 cm³/mol. The smallest absolute Gasteiger partial charge is 0.334 e. The predicted octanol–water partition coefficient (Wildman–Crippen LogP) is 2.75. The molecule has 30 heavy (non-hydrogen) atoms. The van der Waals surface area contributed by atoms with Gasteiger partial charge in [0.25, 0.3) is 0 Å². The standard InChI is InChI=1S/C23H31N3O4/c27-19(24-23-11-16-8-17(12-23)10-18(9-16)13-23)14-26-21(29)20(28)25(22(26)30)7-6-15-4-2-1-3-5-15/h4,16-18H,1-3,5-14H2,(H,24,27). The number of nitrogens with one attached hydrogen (secondary N) is 1. The molecule has 4 saturated carbocycles. The Morgan fingerprint density at radius 3 is 2.20 bits per heavy atom. The van der Waals surface area contributed by atoms with E-state index in [1.54, 1.807) is 0 Å². The minimum atomic E-state index is -0.877. The van der Waals surface area contributed by atoms with Crippen LogP contribution in [-0.4, -0.2) is 52.2 Å². The van der Waals surface area contributed by atoms with Gasteiger partial charge in [-0.2, -0.15) is 0 Å². The summed E-state index contributed by atoms with van der Waals surface area (Å²) in [5.41, 5.74) is 1.07. The average molecular weight is 414 g/mol. The molecule has 7 nitrogen and oxygen atoms in total. The molecule has 0 spiro atoms. The van der Waals surface area contributed by atoms with Crippen molar-refractivity contribution in [3.8, 4) is 0 Å². The lowest BCUT2D eigenvalue weighted by Crippen LogP contribution is -2.61. The number of hydrogen-bond donors (Lipinski definition) is 1. The van der Waals surface area contributed by atoms with E-state index in [1.807, 2.05) is 0 Å². The van der Waals surface area contributed by atoms with Gasteiger partial charge in [0.15, 0.2) is 0 Å². The van der Waals surface area contributed by atoms with Crippen LogP contribution in [0.1, 0.15) is 70.6 Å². The summed E-state index contributed by atoms with van der Waals surface area (Å²) in [5, 5.41) is 3.18. The molecule has 5 amide bonds. The summed E-state index contributed by atoms with van der Waals surface area (Å²) in [6.45, 7) is -0.146. The Balaban J connectivity index is 1.20. The second kappa shape index (κ2) is 7.50. The fourth-order valence-electron chi connectivity index (χ4n) is 7.02. The topological polar surface area (TPSA) is 86.8 Å². The first-order valence-corrected chi connectivity index (χ1v) is 11.6. The van der Waals surface area contributed by atoms with E-state index >= 15 is 0 Å². The molecule has 6 aliphatic rings. The van der Waals surface area contributed by atoms with Crippen molar-refractivity contribution in [1.82, 2.24) is 15.1 Å². The second-order valence-electron chi connectivity index (χ2n) is 10.2. The molecular formula is C23H31N3O4. The van der Waals surface area contributed by atoms with E-state index in [1.165, 1.54) is 31.3 Å². The monoisotopic (exact) mass is 413 g/mol. The van der Waals surface area contributed by atoms with Crippen molar-refractivity contribution in [2.75, 3.05) is 13.1 Å². The van der Waals surface area contributed by atoms with Crippen molar-refractivity contribution >= 4 is 23.8 Å². The van der Waals surface area contributed by atoms with Crippen molar-refractivity contribution in [1.29, 1.82) is 0 Å². The Labute approximate surface area is 177 Å². The van der Waals surface area contributed by atoms with E-state index in [2.05, 4.69) is 11.4 Å². The van der Waals surface area contributed by atoms with E-state index in [-0.39, 0.29) is 24.5 Å². The molecular weight excluding hydrogens is 382 g/mol. The normalized spacial score (nSPS) is 35.3. The molecule has 1 saturated heterocycles. The molecule has 1 N–H and O–H groups in total. The van der Waals surface area contributed by atoms with Crippen LogP contribution in [0, 0.1) is 17.8 Å². The van der Waals surface area contributed by atoms with Gasteiger partial charge < -0.3 is 5.32 Å². The van der Waals surface area contributed by atoms with Crippen LogP contribution in [0.25, 0.3) is 0 Å². The first-order chi connectivity index (χ1) is 14.4. The molecule has 4 bridgehead atoms. The molecule has 1 heterocycles. The number of allylic oxidation sites excluding steroid dienone is 1. The number of hydrogen-bond acceptors (Lipinski definition) is 4. The van der Waals surface area contributed by atoms with E-state index in [0.717, 1.165) is 48.3 Å². The van der Waals surface area contributed by atoms with Gasteiger partial charge in [-0.25, -0.2) is 9.69 Å². The number of rotatable bonds is 6. The van der Waals surface area contributed by atoms with Gasteiger partial charge in [-0.15, -0.1) is 0 Å². The van der Waals surface area contributed by atoms with Crippen LogP contribution in [0.2, 0.25) is 0 Å². The molecule has 0 aromatic carbocycles. The minimum Gasteiger partial charge on any atom is -0.349 e. The number of carbonyl (C=O) groups excluding carboxylic acids is 4. The minimum absolute atomic E-state index is 0.172. The van der Waals surface area contributed by atoms with Crippen molar-refractivity contribution in [2.24, 2.45) is 17.8 Å². The van der Waals surface area contributed by atoms with Crippen molar-refractivity contribution < 1.29 is 19.2 Å². The summed E-state index contributed by atoms with van der Waals surface area (Å²) >= 11 is 0. The molecule has 1 aliphatic heterocycles. The summed E-state index contributed by atoms with van der Waals surface area (Å²) < 4.78 is 0. The quantitative estimate of drug-likeness (QED) is 0.412. The van der Waals surface area contributed by atoms with Gasteiger partial charge in [0.05, 0.1) is 0 Å². The maximum Gasteiger partial charge on any atom is 0.334 e. The molecule has 0 radical (unpaired) electrons. The van der Waals surface area contributed by atoms with Crippen LogP contribution >= 0.6 is 0 Å². The van der Waals surface area contributed by atoms with Crippen LogP contribution < -0.4 is 5.32 Å². The van der Waals surface area contributed by atoms with E-state index in [9.17, 15) is 19.2 Å². The summed E-state index contributed by atoms with van der Waals surface area (Å²) in [6, 6.07) is -0.651. The van der Waals surface area contributed by atoms with Gasteiger partial charge in [-0.05, 0) is 88.4 Å². The fraction of sp³-hybridized carbons (Fsp3) is 0.739. The third-order valence-corrected chi connectivity index (χ3v) is 7.92. The summed E-state index contributed by atoms with van der Waals surface area (Å²) in [7, 11) is 0. The molecule has 5 fully saturated rings. The number of carbonyl (C=O) groups is 4. The Morgan fingerprint density at radius 1 is 0.967 bits per heavy atom. The second-order valence-corrected chi connectivity index (χ2v) is 10.2. The third kappa shape index (κ3) is 3.56. The molecule has 6 rings (SSSR count). The van der Waals surface area contributed by atoms with E-state index in [4.69, 9.17) is 0 Å². The molecule has 5 aliphatic carbocycles. The Morgan fingerprint density at radius 2 is 1.60 bits per heavy atom. The van der Waals surface area contributed by atoms with Gasteiger partial charge >= 0.3 is 17.8 Å². The molecule has 0 aromatic rings. The third-order valence-electron chi connectivity index (χ3n) is 7.92. The van der Waals surface area contributed by atoms with Gasteiger partial charge in [0.1, 0.15) is 6.54 Å². The summed E-state index contributed by atoms with van der Waals surface area (Å²) in [5.74, 6) is 0.0777.